The summed E-state index contributed by atoms with van der Waals surface area (Å²) in [6, 6.07) is 1.56. The van der Waals surface area contributed by atoms with Crippen molar-refractivity contribution in [1.29, 1.82) is 0 Å². The molecule has 0 bridgehead atoms. The lowest BCUT2D eigenvalue weighted by molar-refractivity contribution is 0.0537. The van der Waals surface area contributed by atoms with Crippen molar-refractivity contribution >= 4 is 18.2 Å². The smallest absolute Gasteiger partial charge is 0.333 e. The van der Waals surface area contributed by atoms with E-state index in [1.165, 1.54) is 6.20 Å². The fourth-order valence-electron chi connectivity index (χ4n) is 1.63. The summed E-state index contributed by atoms with van der Waals surface area (Å²) in [7, 11) is 1.79. The molecule has 0 atom stereocenters. The molecule has 18 heavy (non-hydrogen) atoms. The fourth-order valence-corrected chi connectivity index (χ4v) is 1.63. The lowest BCUT2D eigenvalue weighted by Crippen LogP contribution is -2.11. The fraction of sp³-hybridized carbons (Fsp3) is 0.400. The van der Waals surface area contributed by atoms with Crippen molar-refractivity contribution in [3.63, 3.8) is 0 Å². The number of hydrogen-bond donors (Lipinski definition) is 1. The van der Waals surface area contributed by atoms with Crippen LogP contribution >= 0.6 is 12.4 Å². The molecular formula is C10H14ClF2N5. The van der Waals surface area contributed by atoms with Crippen LogP contribution in [0.15, 0.2) is 18.5 Å². The molecule has 0 aliphatic heterocycles. The van der Waals surface area contributed by atoms with Crippen LogP contribution in [0.3, 0.4) is 0 Å². The number of aromatic nitrogens is 4. The van der Waals surface area contributed by atoms with Crippen molar-refractivity contribution in [3.8, 4) is 0 Å². The zero-order valence-electron chi connectivity index (χ0n) is 9.97. The molecule has 0 radical (unpaired) electrons. The standard InChI is InChI=1S/C10H13F2N5.ClH/c1-7-5-15-16(2)9(7)13-6-8-3-4-14-17(8)10(11)12;/h3-5,10,13H,6H2,1-2H3;1H. The highest BCUT2D eigenvalue weighted by Gasteiger charge is 2.12. The van der Waals surface area contributed by atoms with Gasteiger partial charge in [-0.2, -0.15) is 19.0 Å². The van der Waals surface area contributed by atoms with E-state index in [-0.39, 0.29) is 19.0 Å². The molecule has 0 amide bonds. The van der Waals surface area contributed by atoms with Crippen LogP contribution in [0.25, 0.3) is 0 Å². The van der Waals surface area contributed by atoms with Gasteiger partial charge in [0.15, 0.2) is 0 Å². The molecule has 0 fully saturated rings. The second kappa shape index (κ2) is 5.81. The van der Waals surface area contributed by atoms with Gasteiger partial charge in [0.2, 0.25) is 0 Å². The van der Waals surface area contributed by atoms with Crippen LogP contribution in [0.1, 0.15) is 17.8 Å². The largest absolute Gasteiger partial charge is 0.364 e. The van der Waals surface area contributed by atoms with Gasteiger partial charge in [-0.15, -0.1) is 12.4 Å². The zero-order chi connectivity index (χ0) is 12.4. The number of aryl methyl sites for hydroxylation is 2. The molecule has 0 aliphatic rings. The molecule has 100 valence electrons. The van der Waals surface area contributed by atoms with E-state index in [1.54, 1.807) is 24.0 Å². The third-order valence-corrected chi connectivity index (χ3v) is 2.50. The van der Waals surface area contributed by atoms with Crippen LogP contribution in [0.5, 0.6) is 0 Å². The second-order valence-corrected chi connectivity index (χ2v) is 3.70. The van der Waals surface area contributed by atoms with Gasteiger partial charge in [0.05, 0.1) is 18.4 Å². The molecule has 2 heterocycles. The van der Waals surface area contributed by atoms with Gasteiger partial charge in [-0.3, -0.25) is 4.68 Å². The highest BCUT2D eigenvalue weighted by atomic mass is 35.5. The summed E-state index contributed by atoms with van der Waals surface area (Å²) in [6.45, 7) is -0.431. The lowest BCUT2D eigenvalue weighted by atomic mass is 10.3. The van der Waals surface area contributed by atoms with E-state index in [2.05, 4.69) is 15.5 Å². The minimum absolute atomic E-state index is 0. The summed E-state index contributed by atoms with van der Waals surface area (Å²) in [6.07, 6.45) is 3.08. The molecule has 0 spiro atoms. The van der Waals surface area contributed by atoms with Crippen molar-refractivity contribution in [1.82, 2.24) is 19.6 Å². The van der Waals surface area contributed by atoms with Crippen LogP contribution in [-0.2, 0) is 13.6 Å². The molecule has 5 nitrogen and oxygen atoms in total. The average Bonchev–Trinajstić information content (AvgIpc) is 2.85. The van der Waals surface area contributed by atoms with Gasteiger partial charge in [-0.1, -0.05) is 0 Å². The van der Waals surface area contributed by atoms with Crippen LogP contribution < -0.4 is 5.32 Å². The van der Waals surface area contributed by atoms with Crippen molar-refractivity contribution in [3.05, 3.63) is 29.7 Å². The number of nitrogens with zero attached hydrogens (tertiary/aromatic N) is 4. The Bertz CT molecular complexity index is 489. The van der Waals surface area contributed by atoms with E-state index in [9.17, 15) is 8.78 Å². The first kappa shape index (κ1) is 14.4. The molecule has 2 aromatic rings. The summed E-state index contributed by atoms with van der Waals surface area (Å²) < 4.78 is 27.4. The van der Waals surface area contributed by atoms with Crippen molar-refractivity contribution in [2.24, 2.45) is 7.05 Å². The van der Waals surface area contributed by atoms with E-state index in [0.29, 0.717) is 10.4 Å². The van der Waals surface area contributed by atoms with Crippen molar-refractivity contribution < 1.29 is 8.78 Å². The Morgan fingerprint density at radius 1 is 1.39 bits per heavy atom. The summed E-state index contributed by atoms with van der Waals surface area (Å²) in [4.78, 5) is 0. The summed E-state index contributed by atoms with van der Waals surface area (Å²) >= 11 is 0. The van der Waals surface area contributed by atoms with Gasteiger partial charge >= 0.3 is 6.55 Å². The van der Waals surface area contributed by atoms with E-state index >= 15 is 0 Å². The zero-order valence-corrected chi connectivity index (χ0v) is 10.8. The minimum Gasteiger partial charge on any atom is -0.364 e. The average molecular weight is 278 g/mol. The Kier molecular flexibility index (Phi) is 4.66. The van der Waals surface area contributed by atoms with Crippen LogP contribution in [0, 0.1) is 6.92 Å². The normalized spacial score (nSPS) is 10.5. The van der Waals surface area contributed by atoms with Crippen LogP contribution in [0.2, 0.25) is 0 Å². The van der Waals surface area contributed by atoms with E-state index in [0.717, 1.165) is 11.4 Å². The lowest BCUT2D eigenvalue weighted by Gasteiger charge is -2.09. The number of rotatable bonds is 4. The maximum Gasteiger partial charge on any atom is 0.333 e. The number of anilines is 1. The molecule has 0 saturated heterocycles. The van der Waals surface area contributed by atoms with Gasteiger partial charge < -0.3 is 5.32 Å². The summed E-state index contributed by atoms with van der Waals surface area (Å²) in [5, 5.41) is 10.7. The molecule has 0 saturated carbocycles. The molecule has 0 aliphatic carbocycles. The van der Waals surface area contributed by atoms with E-state index in [1.807, 2.05) is 6.92 Å². The molecule has 0 aromatic carbocycles. The number of alkyl halides is 2. The highest BCUT2D eigenvalue weighted by Crippen LogP contribution is 2.16. The highest BCUT2D eigenvalue weighted by molar-refractivity contribution is 5.85. The predicted molar refractivity (Wildman–Crippen MR) is 66.0 cm³/mol. The Labute approximate surface area is 109 Å². The molecule has 1 N–H and O–H groups in total. The Morgan fingerprint density at radius 2 is 2.11 bits per heavy atom. The molecule has 2 rings (SSSR count). The Morgan fingerprint density at radius 3 is 2.67 bits per heavy atom. The maximum absolute atomic E-state index is 12.5. The van der Waals surface area contributed by atoms with E-state index in [4.69, 9.17) is 0 Å². The number of halogens is 3. The quantitative estimate of drug-likeness (QED) is 0.933. The first-order valence-corrected chi connectivity index (χ1v) is 5.12. The first-order valence-electron chi connectivity index (χ1n) is 5.12. The number of nitrogens with one attached hydrogen (secondary N) is 1. The second-order valence-electron chi connectivity index (χ2n) is 3.70. The first-order chi connectivity index (χ1) is 8.09. The molecule has 8 heteroatoms. The monoisotopic (exact) mass is 277 g/mol. The Balaban J connectivity index is 0.00000162. The SMILES string of the molecule is Cc1cnn(C)c1NCc1ccnn1C(F)F.Cl. The third kappa shape index (κ3) is 2.79. The third-order valence-electron chi connectivity index (χ3n) is 2.50. The van der Waals surface area contributed by atoms with Crippen LogP contribution in [0.4, 0.5) is 14.6 Å². The minimum atomic E-state index is -2.62. The van der Waals surface area contributed by atoms with Gasteiger partial charge in [-0.25, -0.2) is 4.68 Å². The predicted octanol–water partition coefficient (Wildman–Crippen LogP) is 2.35. The van der Waals surface area contributed by atoms with Gasteiger partial charge in [-0.05, 0) is 13.0 Å². The molecular weight excluding hydrogens is 264 g/mol. The van der Waals surface area contributed by atoms with Gasteiger partial charge in [0.1, 0.15) is 5.82 Å². The van der Waals surface area contributed by atoms with Gasteiger partial charge in [0, 0.05) is 18.8 Å². The van der Waals surface area contributed by atoms with Crippen LogP contribution in [-0.4, -0.2) is 19.6 Å². The van der Waals surface area contributed by atoms with E-state index < -0.39 is 6.55 Å². The molecule has 0 unspecified atom stereocenters. The summed E-state index contributed by atoms with van der Waals surface area (Å²) in [5.41, 5.74) is 1.40. The molecule has 2 aromatic heterocycles. The van der Waals surface area contributed by atoms with Gasteiger partial charge in [0.25, 0.3) is 0 Å². The summed E-state index contributed by atoms with van der Waals surface area (Å²) in [5.74, 6) is 0.812. The maximum atomic E-state index is 12.5. The topological polar surface area (TPSA) is 47.7 Å². The number of hydrogen-bond acceptors (Lipinski definition) is 3. The van der Waals surface area contributed by atoms with Crippen molar-refractivity contribution in [2.45, 2.75) is 20.0 Å². The van der Waals surface area contributed by atoms with Crippen molar-refractivity contribution in [2.75, 3.05) is 5.32 Å². The Hall–Kier alpha value is -1.63.